The van der Waals surface area contributed by atoms with Crippen LogP contribution in [0.1, 0.15) is 60.0 Å². The van der Waals surface area contributed by atoms with Gasteiger partial charge in [-0.25, -0.2) is 8.78 Å². The predicted octanol–water partition coefficient (Wildman–Crippen LogP) is 5.81. The van der Waals surface area contributed by atoms with E-state index in [0.717, 1.165) is 31.2 Å². The second-order valence-corrected chi connectivity index (χ2v) is 7.42. The molecule has 0 aliphatic heterocycles. The van der Waals surface area contributed by atoms with Crippen molar-refractivity contribution in [1.29, 1.82) is 0 Å². The molecule has 1 aliphatic carbocycles. The zero-order chi connectivity index (χ0) is 20.8. The van der Waals surface area contributed by atoms with E-state index in [9.17, 15) is 18.0 Å². The first kappa shape index (κ1) is 21.4. The number of hydrogen-bond acceptors (Lipinski definition) is 3. The second-order valence-electron chi connectivity index (χ2n) is 7.42. The summed E-state index contributed by atoms with van der Waals surface area (Å²) in [4.78, 5) is 10.7. The summed E-state index contributed by atoms with van der Waals surface area (Å²) in [6.45, 7) is 2.98. The highest BCUT2D eigenvalue weighted by Gasteiger charge is 2.24. The van der Waals surface area contributed by atoms with Gasteiger partial charge in [0.2, 0.25) is 5.82 Å². The van der Waals surface area contributed by atoms with E-state index in [1.54, 1.807) is 12.1 Å². The summed E-state index contributed by atoms with van der Waals surface area (Å²) in [6, 6.07) is 7.84. The number of rotatable bonds is 8. The van der Waals surface area contributed by atoms with Gasteiger partial charge in [0.05, 0.1) is 18.8 Å². The molecule has 0 spiro atoms. The van der Waals surface area contributed by atoms with E-state index < -0.39 is 11.6 Å². The molecule has 0 radical (unpaired) electrons. The van der Waals surface area contributed by atoms with Crippen molar-refractivity contribution in [3.05, 3.63) is 64.5 Å². The third kappa shape index (κ3) is 5.18. The molecule has 1 saturated carbocycles. The number of benzene rings is 2. The molecule has 29 heavy (non-hydrogen) atoms. The molecule has 1 aliphatic rings. The first-order valence-corrected chi connectivity index (χ1v) is 9.95. The van der Waals surface area contributed by atoms with Crippen molar-refractivity contribution < 1.29 is 27.4 Å². The van der Waals surface area contributed by atoms with E-state index in [-0.39, 0.29) is 48.5 Å². The Morgan fingerprint density at radius 1 is 1.03 bits per heavy atom. The Morgan fingerprint density at radius 2 is 1.79 bits per heavy atom. The van der Waals surface area contributed by atoms with E-state index in [0.29, 0.717) is 12.2 Å². The summed E-state index contributed by atoms with van der Waals surface area (Å²) >= 11 is 0. The van der Waals surface area contributed by atoms with Crippen LogP contribution in [0.15, 0.2) is 30.3 Å². The topological polar surface area (TPSA) is 35.5 Å². The Bertz CT molecular complexity index is 846. The maximum atomic E-state index is 14.3. The van der Waals surface area contributed by atoms with Gasteiger partial charge in [0, 0.05) is 12.2 Å². The maximum Gasteiger partial charge on any atom is 0.201 e. The lowest BCUT2D eigenvalue weighted by Gasteiger charge is -2.29. The highest BCUT2D eigenvalue weighted by Crippen LogP contribution is 2.37. The number of hydrogen-bond donors (Lipinski definition) is 0. The van der Waals surface area contributed by atoms with Crippen LogP contribution in [0, 0.1) is 23.4 Å². The normalized spacial score (nSPS) is 19.2. The highest BCUT2D eigenvalue weighted by molar-refractivity contribution is 5.75. The highest BCUT2D eigenvalue weighted by atomic mass is 19.2. The molecule has 0 saturated heterocycles. The summed E-state index contributed by atoms with van der Waals surface area (Å²) in [5.41, 5.74) is 1.22. The number of halogens is 3. The van der Waals surface area contributed by atoms with Gasteiger partial charge in [-0.3, -0.25) is 4.79 Å². The van der Waals surface area contributed by atoms with E-state index in [1.165, 1.54) is 12.1 Å². The van der Waals surface area contributed by atoms with E-state index in [2.05, 4.69) is 0 Å². The Hall–Kier alpha value is -2.34. The van der Waals surface area contributed by atoms with E-state index >= 15 is 0 Å². The molecule has 0 bridgehead atoms. The van der Waals surface area contributed by atoms with E-state index in [4.69, 9.17) is 9.47 Å². The molecule has 0 aromatic heterocycles. The number of ether oxygens (including phenoxy) is 2. The van der Waals surface area contributed by atoms with Crippen molar-refractivity contribution in [1.82, 2.24) is 0 Å². The fourth-order valence-electron chi connectivity index (χ4n) is 3.77. The minimum absolute atomic E-state index is 0.179. The van der Waals surface area contributed by atoms with Crippen LogP contribution in [0.25, 0.3) is 0 Å². The standard InChI is InChI=1S/C23H25F3O3/c1-2-28-14-19-8-7-17(11-20(19)24)16-5-3-15(4-6-16)13-29-21-10-9-18(12-27)22(25)23(21)26/h7-12,15-16H,2-6,13-14H2,1H3. The van der Waals surface area contributed by atoms with Gasteiger partial charge in [-0.1, -0.05) is 12.1 Å². The summed E-state index contributed by atoms with van der Waals surface area (Å²) in [5, 5.41) is 0. The molecule has 2 aromatic rings. The van der Waals surface area contributed by atoms with Crippen molar-refractivity contribution in [3.63, 3.8) is 0 Å². The van der Waals surface area contributed by atoms with Crippen LogP contribution in [0.2, 0.25) is 0 Å². The number of aldehydes is 1. The first-order valence-electron chi connectivity index (χ1n) is 9.95. The molecule has 3 rings (SSSR count). The van der Waals surface area contributed by atoms with Gasteiger partial charge >= 0.3 is 0 Å². The molecule has 0 unspecified atom stereocenters. The lowest BCUT2D eigenvalue weighted by Crippen LogP contribution is -2.20. The fraction of sp³-hybridized carbons (Fsp3) is 0.435. The van der Waals surface area contributed by atoms with Crippen LogP contribution in [0.3, 0.4) is 0 Å². The summed E-state index contributed by atoms with van der Waals surface area (Å²) < 4.78 is 52.6. The fourth-order valence-corrected chi connectivity index (χ4v) is 3.77. The minimum atomic E-state index is -1.18. The smallest absolute Gasteiger partial charge is 0.201 e. The average molecular weight is 406 g/mol. The maximum absolute atomic E-state index is 14.3. The zero-order valence-electron chi connectivity index (χ0n) is 16.4. The van der Waals surface area contributed by atoms with Crippen molar-refractivity contribution in [3.8, 4) is 5.75 Å². The van der Waals surface area contributed by atoms with E-state index in [1.807, 2.05) is 13.0 Å². The molecule has 1 fully saturated rings. The Labute approximate surface area is 168 Å². The number of carbonyl (C=O) groups is 1. The van der Waals surface area contributed by atoms with Crippen LogP contribution >= 0.6 is 0 Å². The molecule has 0 heterocycles. The molecule has 0 amide bonds. The minimum Gasteiger partial charge on any atom is -0.490 e. The van der Waals surface area contributed by atoms with Crippen LogP contribution in [-0.4, -0.2) is 19.5 Å². The SMILES string of the molecule is CCOCc1ccc(C2CCC(COc3ccc(C=O)c(F)c3F)CC2)cc1F. The van der Waals surface area contributed by atoms with Crippen molar-refractivity contribution in [2.24, 2.45) is 5.92 Å². The van der Waals surface area contributed by atoms with Gasteiger partial charge < -0.3 is 9.47 Å². The molecular formula is C23H25F3O3. The lowest BCUT2D eigenvalue weighted by atomic mass is 9.79. The molecule has 3 nitrogen and oxygen atoms in total. The summed E-state index contributed by atoms with van der Waals surface area (Å²) in [7, 11) is 0. The Morgan fingerprint density at radius 3 is 2.45 bits per heavy atom. The van der Waals surface area contributed by atoms with Crippen molar-refractivity contribution in [2.45, 2.75) is 45.1 Å². The predicted molar refractivity (Wildman–Crippen MR) is 104 cm³/mol. The zero-order valence-corrected chi connectivity index (χ0v) is 16.4. The quantitative estimate of drug-likeness (QED) is 0.519. The third-order valence-electron chi connectivity index (χ3n) is 5.54. The lowest BCUT2D eigenvalue weighted by molar-refractivity contribution is 0.111. The first-order chi connectivity index (χ1) is 14.0. The molecule has 2 aromatic carbocycles. The van der Waals surface area contributed by atoms with Crippen LogP contribution in [-0.2, 0) is 11.3 Å². The molecular weight excluding hydrogens is 381 g/mol. The van der Waals surface area contributed by atoms with Gasteiger partial charge in [-0.2, -0.15) is 4.39 Å². The monoisotopic (exact) mass is 406 g/mol. The van der Waals surface area contributed by atoms with Crippen LogP contribution in [0.4, 0.5) is 13.2 Å². The molecule has 6 heteroatoms. The second kappa shape index (κ2) is 9.92. The summed E-state index contributed by atoms with van der Waals surface area (Å²) in [5.74, 6) is -2.23. The molecule has 0 N–H and O–H groups in total. The molecule has 156 valence electrons. The van der Waals surface area contributed by atoms with Gasteiger partial charge in [0.1, 0.15) is 5.82 Å². The van der Waals surface area contributed by atoms with Gasteiger partial charge in [0.15, 0.2) is 17.9 Å². The molecule has 0 atom stereocenters. The van der Waals surface area contributed by atoms with Gasteiger partial charge in [-0.05, 0) is 68.2 Å². The van der Waals surface area contributed by atoms with Crippen molar-refractivity contribution >= 4 is 6.29 Å². The average Bonchev–Trinajstić information content (AvgIpc) is 2.74. The summed E-state index contributed by atoms with van der Waals surface area (Å²) in [6.07, 6.45) is 3.78. The largest absolute Gasteiger partial charge is 0.490 e. The third-order valence-corrected chi connectivity index (χ3v) is 5.54. The Kier molecular flexibility index (Phi) is 7.31. The van der Waals surface area contributed by atoms with Crippen LogP contribution in [0.5, 0.6) is 5.75 Å². The number of carbonyl (C=O) groups excluding carboxylic acids is 1. The van der Waals surface area contributed by atoms with Crippen LogP contribution < -0.4 is 4.74 Å². The Balaban J connectivity index is 1.53. The van der Waals surface area contributed by atoms with Gasteiger partial charge in [-0.15, -0.1) is 0 Å². The van der Waals surface area contributed by atoms with Crippen molar-refractivity contribution in [2.75, 3.05) is 13.2 Å². The van der Waals surface area contributed by atoms with Gasteiger partial charge in [0.25, 0.3) is 0 Å².